The Labute approximate surface area is 105 Å². The van der Waals surface area contributed by atoms with Crippen LogP contribution in [-0.2, 0) is 16.0 Å². The van der Waals surface area contributed by atoms with Crippen LogP contribution in [-0.4, -0.2) is 24.5 Å². The molecule has 3 nitrogen and oxygen atoms in total. The minimum absolute atomic E-state index is 0.447. The van der Waals surface area contributed by atoms with Crippen LogP contribution in [0.3, 0.4) is 0 Å². The van der Waals surface area contributed by atoms with Crippen molar-refractivity contribution in [2.75, 3.05) is 7.11 Å². The maximum atomic E-state index is 13.8. The first-order valence-electron chi connectivity index (χ1n) is 5.56. The van der Waals surface area contributed by atoms with Gasteiger partial charge in [-0.15, -0.1) is 0 Å². The number of nitrogens with two attached hydrogens (primary N) is 1. The van der Waals surface area contributed by atoms with Crippen molar-refractivity contribution < 1.29 is 18.3 Å². The molecule has 0 aliphatic rings. The van der Waals surface area contributed by atoms with E-state index in [-0.39, 0.29) is 0 Å². The molecule has 0 amide bonds. The Morgan fingerprint density at radius 1 is 1.33 bits per heavy atom. The molecular weight excluding hydrogens is 240 g/mol. The zero-order valence-corrected chi connectivity index (χ0v) is 10.5. The number of ether oxygens (including phenoxy) is 1. The molecule has 5 heteroatoms. The molecule has 0 spiro atoms. The normalized spacial score (nSPS) is 14.9. The number of methoxy groups -OCH3 is 1. The van der Waals surface area contributed by atoms with E-state index in [0.29, 0.717) is 5.56 Å². The third kappa shape index (κ3) is 4.07. The predicted octanol–water partition coefficient (Wildman–Crippen LogP) is 2.14. The molecule has 0 bridgehead atoms. The molecule has 0 heterocycles. The molecule has 0 aliphatic heterocycles. The molecule has 0 saturated heterocycles. The number of benzene rings is 1. The first-order valence-corrected chi connectivity index (χ1v) is 5.56. The maximum Gasteiger partial charge on any atom is 0.325 e. The molecule has 1 aromatic carbocycles. The van der Waals surface area contributed by atoms with Crippen LogP contribution in [0.1, 0.15) is 18.9 Å². The van der Waals surface area contributed by atoms with Crippen molar-refractivity contribution in [1.29, 1.82) is 0 Å². The van der Waals surface area contributed by atoms with E-state index in [2.05, 4.69) is 4.74 Å². The second-order valence-corrected chi connectivity index (χ2v) is 4.60. The summed E-state index contributed by atoms with van der Waals surface area (Å²) in [5.74, 6) is -3.89. The molecule has 1 atom stereocenters. The molecule has 0 aliphatic carbocycles. The lowest BCUT2D eigenvalue weighted by atomic mass is 9.92. The van der Waals surface area contributed by atoms with Gasteiger partial charge < -0.3 is 10.5 Å². The van der Waals surface area contributed by atoms with Gasteiger partial charge in [0.05, 0.1) is 7.11 Å². The molecule has 100 valence electrons. The van der Waals surface area contributed by atoms with Gasteiger partial charge in [-0.25, -0.2) is 8.78 Å². The quantitative estimate of drug-likeness (QED) is 0.822. The van der Waals surface area contributed by atoms with Crippen LogP contribution >= 0.6 is 0 Å². The van der Waals surface area contributed by atoms with E-state index in [1.807, 2.05) is 0 Å². The largest absolute Gasteiger partial charge is 0.468 e. The summed E-state index contributed by atoms with van der Waals surface area (Å²) < 4.78 is 32.0. The zero-order chi connectivity index (χ0) is 13.8. The Balaban J connectivity index is 2.73. The standard InChI is InChI=1S/C13H17F2NO2/c1-12(16,11(17)18-2)9-13(14,15)8-10-6-4-3-5-7-10/h3-7H,8-9,16H2,1-2H3/t12-/m0/s1. The number of carbonyl (C=O) groups is 1. The molecule has 18 heavy (non-hydrogen) atoms. The van der Waals surface area contributed by atoms with Crippen molar-refractivity contribution in [1.82, 2.24) is 0 Å². The van der Waals surface area contributed by atoms with Gasteiger partial charge in [0, 0.05) is 12.8 Å². The average molecular weight is 257 g/mol. The summed E-state index contributed by atoms with van der Waals surface area (Å²) in [5, 5.41) is 0. The van der Waals surface area contributed by atoms with E-state index >= 15 is 0 Å². The molecule has 0 fully saturated rings. The van der Waals surface area contributed by atoms with E-state index in [9.17, 15) is 13.6 Å². The molecule has 0 saturated carbocycles. The summed E-state index contributed by atoms with van der Waals surface area (Å²) in [6, 6.07) is 8.35. The summed E-state index contributed by atoms with van der Waals surface area (Å²) in [5.41, 5.74) is 4.37. The van der Waals surface area contributed by atoms with Crippen molar-refractivity contribution >= 4 is 5.97 Å². The van der Waals surface area contributed by atoms with E-state index in [1.165, 1.54) is 6.92 Å². The number of halogens is 2. The Bertz CT molecular complexity index is 405. The van der Waals surface area contributed by atoms with Crippen molar-refractivity contribution in [2.45, 2.75) is 31.2 Å². The first-order chi connectivity index (χ1) is 8.27. The third-order valence-corrected chi connectivity index (χ3v) is 2.58. The van der Waals surface area contributed by atoms with Crippen LogP contribution in [0.4, 0.5) is 8.78 Å². The van der Waals surface area contributed by atoms with Gasteiger partial charge in [-0.05, 0) is 12.5 Å². The van der Waals surface area contributed by atoms with Crippen LogP contribution in [0.2, 0.25) is 0 Å². The number of carbonyl (C=O) groups excluding carboxylic acids is 1. The van der Waals surface area contributed by atoms with Crippen LogP contribution in [0.15, 0.2) is 30.3 Å². The Morgan fingerprint density at radius 3 is 2.39 bits per heavy atom. The number of alkyl halides is 2. The second-order valence-electron chi connectivity index (χ2n) is 4.60. The number of hydrogen-bond acceptors (Lipinski definition) is 3. The van der Waals surface area contributed by atoms with Gasteiger partial charge in [0.15, 0.2) is 0 Å². The third-order valence-electron chi connectivity index (χ3n) is 2.58. The van der Waals surface area contributed by atoms with Gasteiger partial charge >= 0.3 is 5.97 Å². The highest BCUT2D eigenvalue weighted by atomic mass is 19.3. The summed E-state index contributed by atoms with van der Waals surface area (Å²) >= 11 is 0. The fraction of sp³-hybridized carbons (Fsp3) is 0.462. The molecule has 2 N–H and O–H groups in total. The maximum absolute atomic E-state index is 13.8. The van der Waals surface area contributed by atoms with Crippen molar-refractivity contribution in [2.24, 2.45) is 5.73 Å². The smallest absolute Gasteiger partial charge is 0.325 e. The lowest BCUT2D eigenvalue weighted by Crippen LogP contribution is -2.50. The number of esters is 1. The second kappa shape index (κ2) is 5.44. The fourth-order valence-electron chi connectivity index (χ4n) is 1.80. The van der Waals surface area contributed by atoms with E-state index < -0.39 is 30.3 Å². The average Bonchev–Trinajstić information content (AvgIpc) is 2.27. The molecule has 0 aromatic heterocycles. The van der Waals surface area contributed by atoms with Crippen molar-refractivity contribution in [3.63, 3.8) is 0 Å². The minimum Gasteiger partial charge on any atom is -0.468 e. The van der Waals surface area contributed by atoms with E-state index in [1.54, 1.807) is 30.3 Å². The molecule has 1 aromatic rings. The predicted molar refractivity (Wildman–Crippen MR) is 64.3 cm³/mol. The molecular formula is C13H17F2NO2. The lowest BCUT2D eigenvalue weighted by Gasteiger charge is -2.27. The molecule has 0 radical (unpaired) electrons. The topological polar surface area (TPSA) is 52.3 Å². The highest BCUT2D eigenvalue weighted by molar-refractivity contribution is 5.79. The number of rotatable bonds is 5. The van der Waals surface area contributed by atoms with Gasteiger partial charge in [0.2, 0.25) is 0 Å². The number of hydrogen-bond donors (Lipinski definition) is 1. The van der Waals surface area contributed by atoms with E-state index in [4.69, 9.17) is 5.73 Å². The zero-order valence-electron chi connectivity index (χ0n) is 10.5. The van der Waals surface area contributed by atoms with Gasteiger partial charge in [0.1, 0.15) is 5.54 Å². The van der Waals surface area contributed by atoms with Crippen LogP contribution < -0.4 is 5.73 Å². The monoisotopic (exact) mass is 257 g/mol. The van der Waals surface area contributed by atoms with Gasteiger partial charge in [-0.3, -0.25) is 4.79 Å². The minimum atomic E-state index is -3.06. The van der Waals surface area contributed by atoms with Crippen molar-refractivity contribution in [3.05, 3.63) is 35.9 Å². The Morgan fingerprint density at radius 2 is 1.89 bits per heavy atom. The summed E-state index contributed by atoms with van der Waals surface area (Å²) in [6.07, 6.45) is -1.20. The van der Waals surface area contributed by atoms with Crippen LogP contribution in [0.5, 0.6) is 0 Å². The van der Waals surface area contributed by atoms with E-state index in [0.717, 1.165) is 7.11 Å². The lowest BCUT2D eigenvalue weighted by molar-refractivity contribution is -0.150. The molecule has 1 rings (SSSR count). The highest BCUT2D eigenvalue weighted by Gasteiger charge is 2.42. The molecule has 0 unspecified atom stereocenters. The first kappa shape index (κ1) is 14.6. The van der Waals surface area contributed by atoms with Gasteiger partial charge in [-0.1, -0.05) is 30.3 Å². The fourth-order valence-corrected chi connectivity index (χ4v) is 1.80. The SMILES string of the molecule is COC(=O)[C@@](C)(N)CC(F)(F)Cc1ccccc1. The highest BCUT2D eigenvalue weighted by Crippen LogP contribution is 2.29. The van der Waals surface area contributed by atoms with Crippen LogP contribution in [0, 0.1) is 0 Å². The van der Waals surface area contributed by atoms with Gasteiger partial charge in [-0.2, -0.15) is 0 Å². The summed E-state index contributed by atoms with van der Waals surface area (Å²) in [4.78, 5) is 11.3. The Hall–Kier alpha value is -1.49. The summed E-state index contributed by atoms with van der Waals surface area (Å²) in [7, 11) is 1.13. The summed E-state index contributed by atoms with van der Waals surface area (Å²) in [6.45, 7) is 1.25. The van der Waals surface area contributed by atoms with Gasteiger partial charge in [0.25, 0.3) is 5.92 Å². The van der Waals surface area contributed by atoms with Crippen molar-refractivity contribution in [3.8, 4) is 0 Å². The Kier molecular flexibility index (Phi) is 4.40. The van der Waals surface area contributed by atoms with Crippen LogP contribution in [0.25, 0.3) is 0 Å².